The molecule has 0 radical (unpaired) electrons. The van der Waals surface area contributed by atoms with Crippen LogP contribution in [0.4, 0.5) is 0 Å². The number of hydrogen-bond donors (Lipinski definition) is 1. The van der Waals surface area contributed by atoms with Crippen LogP contribution in [-0.2, 0) is 7.05 Å². The Morgan fingerprint density at radius 1 is 1.17 bits per heavy atom. The maximum Gasteiger partial charge on any atom is 0.347 e. The van der Waals surface area contributed by atoms with E-state index in [1.54, 1.807) is 18.7 Å². The first-order valence-electron chi connectivity index (χ1n) is 8.75. The lowest BCUT2D eigenvalue weighted by atomic mass is 10.1. The Labute approximate surface area is 170 Å². The quantitative estimate of drug-likeness (QED) is 0.531. The lowest BCUT2D eigenvalue weighted by Crippen LogP contribution is -1.97. The van der Waals surface area contributed by atoms with Gasteiger partial charge in [0.05, 0.1) is 11.3 Å². The Hall–Kier alpha value is -3.59. The smallest absolute Gasteiger partial charge is 0.347 e. The zero-order valence-corrected chi connectivity index (χ0v) is 16.8. The minimum atomic E-state index is -0.983. The van der Waals surface area contributed by atoms with Crippen molar-refractivity contribution in [2.45, 2.75) is 13.8 Å². The fraction of sp³-hybridized carbons (Fsp3) is 0.150. The number of benzene rings is 2. The minimum absolute atomic E-state index is 0.224. The van der Waals surface area contributed by atoms with E-state index in [0.29, 0.717) is 33.6 Å². The van der Waals surface area contributed by atoms with Crippen LogP contribution < -0.4 is 4.74 Å². The number of carboxylic acids is 1. The number of carbonyl (C=O) groups is 1. The van der Waals surface area contributed by atoms with Crippen molar-refractivity contribution in [3.8, 4) is 33.5 Å². The number of aromatic carboxylic acids is 1. The molecule has 0 saturated carbocycles. The van der Waals surface area contributed by atoms with Gasteiger partial charge in [-0.1, -0.05) is 12.1 Å². The molecule has 0 unspecified atom stereocenters. The van der Waals surface area contributed by atoms with Crippen molar-refractivity contribution in [1.29, 1.82) is 0 Å². The van der Waals surface area contributed by atoms with Gasteiger partial charge in [-0.3, -0.25) is 0 Å². The van der Waals surface area contributed by atoms with E-state index in [9.17, 15) is 9.90 Å². The topological polar surface area (TPSA) is 103 Å². The number of tetrazole rings is 1. The molecular weight excluding hydrogens is 390 g/mol. The molecule has 0 bridgehead atoms. The molecule has 0 aliphatic rings. The van der Waals surface area contributed by atoms with Gasteiger partial charge in [-0.15, -0.1) is 16.4 Å². The van der Waals surface area contributed by atoms with E-state index in [-0.39, 0.29) is 4.88 Å². The number of carboxylic acid groups (broad SMARTS) is 1. The summed E-state index contributed by atoms with van der Waals surface area (Å²) in [6.07, 6.45) is 0. The van der Waals surface area contributed by atoms with Crippen LogP contribution in [0.3, 0.4) is 0 Å². The van der Waals surface area contributed by atoms with Crippen LogP contribution >= 0.6 is 11.3 Å². The van der Waals surface area contributed by atoms with Gasteiger partial charge in [0.25, 0.3) is 0 Å². The first kappa shape index (κ1) is 18.8. The number of nitrogens with zero attached hydrogens (tertiary/aromatic N) is 5. The van der Waals surface area contributed by atoms with Crippen LogP contribution in [0.1, 0.15) is 20.9 Å². The molecule has 2 aromatic carbocycles. The summed E-state index contributed by atoms with van der Waals surface area (Å²) in [4.78, 5) is 16.0. The van der Waals surface area contributed by atoms with E-state index in [0.717, 1.165) is 22.5 Å². The first-order chi connectivity index (χ1) is 13.9. The van der Waals surface area contributed by atoms with Gasteiger partial charge in [-0.2, -0.15) is 0 Å². The Kier molecular flexibility index (Phi) is 4.81. The second kappa shape index (κ2) is 7.44. The van der Waals surface area contributed by atoms with Gasteiger partial charge in [0.2, 0.25) is 0 Å². The van der Waals surface area contributed by atoms with Crippen LogP contribution in [0.5, 0.6) is 11.5 Å². The van der Waals surface area contributed by atoms with Crippen molar-refractivity contribution in [1.82, 2.24) is 25.2 Å². The molecule has 0 aliphatic heterocycles. The third-order valence-corrected chi connectivity index (χ3v) is 5.49. The molecule has 0 fully saturated rings. The highest BCUT2D eigenvalue weighted by atomic mass is 32.1. The highest BCUT2D eigenvalue weighted by Crippen LogP contribution is 2.37. The monoisotopic (exact) mass is 407 g/mol. The number of hydrogen-bond acceptors (Lipinski definition) is 7. The molecule has 0 amide bonds. The van der Waals surface area contributed by atoms with E-state index in [1.165, 1.54) is 0 Å². The van der Waals surface area contributed by atoms with E-state index < -0.39 is 5.97 Å². The van der Waals surface area contributed by atoms with Crippen LogP contribution in [-0.4, -0.2) is 36.3 Å². The van der Waals surface area contributed by atoms with E-state index in [2.05, 4.69) is 20.5 Å². The van der Waals surface area contributed by atoms with Crippen LogP contribution in [0.2, 0.25) is 0 Å². The van der Waals surface area contributed by atoms with Crippen LogP contribution in [0.25, 0.3) is 22.0 Å². The number of thiazole rings is 1. The fourth-order valence-corrected chi connectivity index (χ4v) is 3.81. The summed E-state index contributed by atoms with van der Waals surface area (Å²) >= 11 is 1.13. The molecule has 8 nitrogen and oxygen atoms in total. The van der Waals surface area contributed by atoms with Crippen LogP contribution in [0.15, 0.2) is 42.5 Å². The minimum Gasteiger partial charge on any atom is -0.477 e. The van der Waals surface area contributed by atoms with Gasteiger partial charge >= 0.3 is 5.97 Å². The average Bonchev–Trinajstić information content (AvgIpc) is 3.28. The van der Waals surface area contributed by atoms with Crippen molar-refractivity contribution in [3.63, 3.8) is 0 Å². The Balaban J connectivity index is 1.82. The van der Waals surface area contributed by atoms with Crippen molar-refractivity contribution in [2.24, 2.45) is 7.05 Å². The lowest BCUT2D eigenvalue weighted by Gasteiger charge is -2.12. The molecule has 2 heterocycles. The normalized spacial score (nSPS) is 10.9. The zero-order valence-electron chi connectivity index (χ0n) is 15.9. The van der Waals surface area contributed by atoms with Crippen molar-refractivity contribution >= 4 is 17.3 Å². The molecule has 0 saturated heterocycles. The SMILES string of the molecule is Cc1cccc(Oc2ccc(-c3nc(C)c(C(=O)O)s3)cc2-c2nnnn2C)c1. The number of rotatable bonds is 5. The second-order valence-corrected chi connectivity index (χ2v) is 7.49. The van der Waals surface area contributed by atoms with Gasteiger partial charge in [0.1, 0.15) is 21.4 Å². The molecule has 0 atom stereocenters. The number of aromatic nitrogens is 5. The predicted octanol–water partition coefficient (Wildman–Crippen LogP) is 4.11. The molecule has 146 valence electrons. The summed E-state index contributed by atoms with van der Waals surface area (Å²) in [5, 5.41) is 21.7. The third-order valence-electron chi connectivity index (χ3n) is 4.30. The summed E-state index contributed by atoms with van der Waals surface area (Å²) in [6.45, 7) is 3.68. The summed E-state index contributed by atoms with van der Waals surface area (Å²) < 4.78 is 7.66. The Morgan fingerprint density at radius 2 is 2.00 bits per heavy atom. The Bertz CT molecular complexity index is 1210. The summed E-state index contributed by atoms with van der Waals surface area (Å²) in [7, 11) is 1.74. The summed E-state index contributed by atoms with van der Waals surface area (Å²) in [5.74, 6) is 0.834. The van der Waals surface area contributed by atoms with Crippen molar-refractivity contribution < 1.29 is 14.6 Å². The Morgan fingerprint density at radius 3 is 2.66 bits per heavy atom. The molecule has 0 spiro atoms. The first-order valence-corrected chi connectivity index (χ1v) is 9.56. The highest BCUT2D eigenvalue weighted by Gasteiger charge is 2.19. The molecule has 1 N–H and O–H groups in total. The molecule has 9 heteroatoms. The van der Waals surface area contributed by atoms with Gasteiger partial charge in [0.15, 0.2) is 5.82 Å². The van der Waals surface area contributed by atoms with Gasteiger partial charge in [0, 0.05) is 12.6 Å². The third kappa shape index (κ3) is 3.72. The molecular formula is C20H17N5O3S. The second-order valence-electron chi connectivity index (χ2n) is 6.49. The van der Waals surface area contributed by atoms with Crippen molar-refractivity contribution in [2.75, 3.05) is 0 Å². The van der Waals surface area contributed by atoms with Crippen LogP contribution in [0, 0.1) is 13.8 Å². The highest BCUT2D eigenvalue weighted by molar-refractivity contribution is 7.17. The molecule has 4 aromatic rings. The van der Waals surface area contributed by atoms with Gasteiger partial charge in [-0.25, -0.2) is 14.5 Å². The maximum absolute atomic E-state index is 11.4. The van der Waals surface area contributed by atoms with Crippen molar-refractivity contribution in [3.05, 3.63) is 58.6 Å². The molecule has 4 rings (SSSR count). The van der Waals surface area contributed by atoms with Gasteiger partial charge < -0.3 is 9.84 Å². The number of ether oxygens (including phenoxy) is 1. The van der Waals surface area contributed by atoms with E-state index in [4.69, 9.17) is 4.74 Å². The number of aryl methyl sites for hydroxylation is 3. The fourth-order valence-electron chi connectivity index (χ4n) is 2.91. The summed E-state index contributed by atoms with van der Waals surface area (Å²) in [5.41, 5.74) is 3.02. The molecule has 2 aromatic heterocycles. The lowest BCUT2D eigenvalue weighted by molar-refractivity contribution is 0.0701. The molecule has 29 heavy (non-hydrogen) atoms. The standard InChI is InChI=1S/C20H17N5O3S/c1-11-5-4-6-14(9-11)28-16-8-7-13(10-15(16)18-22-23-24-25(18)3)19-21-12(2)17(29-19)20(26)27/h4-10H,1-3H3,(H,26,27). The van der Waals surface area contributed by atoms with E-state index >= 15 is 0 Å². The molecule has 0 aliphatic carbocycles. The maximum atomic E-state index is 11.4. The zero-order chi connectivity index (χ0) is 20.5. The average molecular weight is 407 g/mol. The van der Waals surface area contributed by atoms with Gasteiger partial charge in [-0.05, 0) is 60.2 Å². The summed E-state index contributed by atoms with van der Waals surface area (Å²) in [6, 6.07) is 13.3. The van der Waals surface area contributed by atoms with E-state index in [1.807, 2.05) is 49.4 Å². The largest absolute Gasteiger partial charge is 0.477 e. The predicted molar refractivity (Wildman–Crippen MR) is 108 cm³/mol.